The molecule has 1 fully saturated rings. The van der Waals surface area contributed by atoms with Gasteiger partial charge in [-0.05, 0) is 29.7 Å². The number of carbonyl (C=O) groups excluding carboxylic acids is 1. The van der Waals surface area contributed by atoms with Gasteiger partial charge in [0.2, 0.25) is 5.91 Å². The van der Waals surface area contributed by atoms with Crippen molar-refractivity contribution in [2.24, 2.45) is 5.92 Å². The van der Waals surface area contributed by atoms with Gasteiger partial charge in [-0.3, -0.25) is 4.79 Å². The van der Waals surface area contributed by atoms with E-state index < -0.39 is 0 Å². The standard InChI is InChI=1S/C24H23NO3/c1-27-19-13-14-21(22(15-19)28-2)25-23(26)20-16-24(20,17-9-5-3-6-10-17)18-11-7-4-8-12-18/h3-15,20H,16H2,1-2H3,(H,25,26)/t20-/m0/s1. The minimum atomic E-state index is -0.285. The first-order chi connectivity index (χ1) is 13.7. The molecule has 0 radical (unpaired) electrons. The second-order valence-electron chi connectivity index (χ2n) is 7.02. The zero-order chi connectivity index (χ0) is 19.6. The Morgan fingerprint density at radius 3 is 2.04 bits per heavy atom. The average Bonchev–Trinajstić information content (AvgIpc) is 3.52. The number of methoxy groups -OCH3 is 2. The van der Waals surface area contributed by atoms with Crippen molar-refractivity contribution >= 4 is 11.6 Å². The monoisotopic (exact) mass is 373 g/mol. The maximum absolute atomic E-state index is 13.2. The third-order valence-corrected chi connectivity index (χ3v) is 5.52. The first-order valence-electron chi connectivity index (χ1n) is 9.33. The van der Waals surface area contributed by atoms with E-state index in [0.717, 1.165) is 6.42 Å². The predicted molar refractivity (Wildman–Crippen MR) is 110 cm³/mol. The molecule has 28 heavy (non-hydrogen) atoms. The highest BCUT2D eigenvalue weighted by atomic mass is 16.5. The van der Waals surface area contributed by atoms with E-state index in [1.807, 2.05) is 48.5 Å². The molecule has 0 bridgehead atoms. The van der Waals surface area contributed by atoms with Crippen LogP contribution in [0.2, 0.25) is 0 Å². The minimum Gasteiger partial charge on any atom is -0.497 e. The zero-order valence-corrected chi connectivity index (χ0v) is 16.0. The van der Waals surface area contributed by atoms with Gasteiger partial charge in [0.05, 0.1) is 25.8 Å². The summed E-state index contributed by atoms with van der Waals surface area (Å²) in [5.41, 5.74) is 2.70. The largest absolute Gasteiger partial charge is 0.497 e. The van der Waals surface area contributed by atoms with Crippen molar-refractivity contribution in [2.45, 2.75) is 11.8 Å². The Kier molecular flexibility index (Phi) is 4.78. The summed E-state index contributed by atoms with van der Waals surface area (Å²) in [5.74, 6) is 1.13. The van der Waals surface area contributed by atoms with Crippen molar-refractivity contribution < 1.29 is 14.3 Å². The number of rotatable bonds is 6. The third-order valence-electron chi connectivity index (χ3n) is 5.52. The number of carbonyl (C=O) groups is 1. The topological polar surface area (TPSA) is 47.6 Å². The summed E-state index contributed by atoms with van der Waals surface area (Å²) < 4.78 is 10.6. The Morgan fingerprint density at radius 1 is 0.893 bits per heavy atom. The zero-order valence-electron chi connectivity index (χ0n) is 16.0. The Bertz CT molecular complexity index is 930. The van der Waals surface area contributed by atoms with Crippen molar-refractivity contribution in [3.8, 4) is 11.5 Å². The Morgan fingerprint density at radius 2 is 1.50 bits per heavy atom. The molecule has 0 spiro atoms. The fraction of sp³-hybridized carbons (Fsp3) is 0.208. The maximum atomic E-state index is 13.2. The van der Waals surface area contributed by atoms with Gasteiger partial charge in [0.15, 0.2) is 0 Å². The third kappa shape index (κ3) is 3.11. The highest BCUT2D eigenvalue weighted by Gasteiger charge is 2.60. The molecule has 0 saturated heterocycles. The van der Waals surface area contributed by atoms with Crippen LogP contribution in [0.25, 0.3) is 0 Å². The molecule has 4 heteroatoms. The number of nitrogens with one attached hydrogen (secondary N) is 1. The molecule has 0 aliphatic heterocycles. The Labute approximate surface area is 165 Å². The normalized spacial score (nSPS) is 16.9. The summed E-state index contributed by atoms with van der Waals surface area (Å²) in [6.45, 7) is 0. The molecule has 1 amide bonds. The number of benzene rings is 3. The molecule has 142 valence electrons. The molecule has 0 heterocycles. The van der Waals surface area contributed by atoms with E-state index in [4.69, 9.17) is 9.47 Å². The Balaban J connectivity index is 1.64. The van der Waals surface area contributed by atoms with E-state index in [1.165, 1.54) is 11.1 Å². The average molecular weight is 373 g/mol. The molecule has 3 aromatic carbocycles. The van der Waals surface area contributed by atoms with E-state index in [9.17, 15) is 4.79 Å². The van der Waals surface area contributed by atoms with E-state index in [1.54, 1.807) is 20.3 Å². The minimum absolute atomic E-state index is 0.00354. The van der Waals surface area contributed by atoms with Crippen LogP contribution in [0.15, 0.2) is 78.9 Å². The van der Waals surface area contributed by atoms with E-state index in [-0.39, 0.29) is 17.2 Å². The lowest BCUT2D eigenvalue weighted by Crippen LogP contribution is -2.22. The predicted octanol–water partition coefficient (Wildman–Crippen LogP) is 4.65. The molecule has 4 nitrogen and oxygen atoms in total. The molecule has 1 aliphatic carbocycles. The maximum Gasteiger partial charge on any atom is 0.228 e. The van der Waals surface area contributed by atoms with Gasteiger partial charge in [-0.1, -0.05) is 60.7 Å². The lowest BCUT2D eigenvalue weighted by molar-refractivity contribution is -0.117. The molecule has 1 atom stereocenters. The van der Waals surface area contributed by atoms with Gasteiger partial charge in [-0.2, -0.15) is 0 Å². The number of hydrogen-bond acceptors (Lipinski definition) is 3. The first-order valence-corrected chi connectivity index (χ1v) is 9.33. The first kappa shape index (κ1) is 18.1. The van der Waals surface area contributed by atoms with Gasteiger partial charge in [0.25, 0.3) is 0 Å². The van der Waals surface area contributed by atoms with Crippen LogP contribution in [0.5, 0.6) is 11.5 Å². The van der Waals surface area contributed by atoms with E-state index in [2.05, 4.69) is 29.6 Å². The van der Waals surface area contributed by atoms with Crippen LogP contribution in [0.4, 0.5) is 5.69 Å². The highest BCUT2D eigenvalue weighted by Crippen LogP contribution is 2.59. The van der Waals surface area contributed by atoms with E-state index >= 15 is 0 Å². The summed E-state index contributed by atoms with van der Waals surface area (Å²) in [7, 11) is 3.19. The molecule has 1 N–H and O–H groups in total. The van der Waals surface area contributed by atoms with Crippen molar-refractivity contribution in [2.75, 3.05) is 19.5 Å². The van der Waals surface area contributed by atoms with Crippen molar-refractivity contribution in [1.29, 1.82) is 0 Å². The molecule has 3 aromatic rings. The number of anilines is 1. The summed E-state index contributed by atoms with van der Waals surface area (Å²) in [6.07, 6.45) is 0.783. The van der Waals surface area contributed by atoms with Crippen molar-refractivity contribution in [1.82, 2.24) is 0 Å². The second-order valence-corrected chi connectivity index (χ2v) is 7.02. The molecule has 1 aliphatic rings. The van der Waals surface area contributed by atoms with Gasteiger partial charge in [-0.25, -0.2) is 0 Å². The number of hydrogen-bond donors (Lipinski definition) is 1. The fourth-order valence-corrected chi connectivity index (χ4v) is 3.98. The quantitative estimate of drug-likeness (QED) is 0.684. The smallest absolute Gasteiger partial charge is 0.228 e. The molecular weight excluding hydrogens is 350 g/mol. The summed E-state index contributed by atoms with van der Waals surface area (Å²) >= 11 is 0. The van der Waals surface area contributed by atoms with Crippen LogP contribution in [-0.2, 0) is 10.2 Å². The van der Waals surface area contributed by atoms with Crippen LogP contribution >= 0.6 is 0 Å². The second kappa shape index (κ2) is 7.39. The lowest BCUT2D eigenvalue weighted by atomic mass is 9.85. The van der Waals surface area contributed by atoms with Gasteiger partial charge >= 0.3 is 0 Å². The molecule has 1 saturated carbocycles. The van der Waals surface area contributed by atoms with Gasteiger partial charge < -0.3 is 14.8 Å². The van der Waals surface area contributed by atoms with Gasteiger partial charge in [0.1, 0.15) is 11.5 Å². The fourth-order valence-electron chi connectivity index (χ4n) is 3.98. The molecule has 0 aromatic heterocycles. The SMILES string of the molecule is COc1ccc(NC(=O)[C@@H]2CC2(c2ccccc2)c2ccccc2)c(OC)c1. The van der Waals surface area contributed by atoms with E-state index in [0.29, 0.717) is 17.2 Å². The van der Waals surface area contributed by atoms with Crippen molar-refractivity contribution in [3.63, 3.8) is 0 Å². The Hall–Kier alpha value is -3.27. The number of amides is 1. The summed E-state index contributed by atoms with van der Waals surface area (Å²) in [5, 5.41) is 3.05. The van der Waals surface area contributed by atoms with Gasteiger partial charge in [0, 0.05) is 11.5 Å². The number of ether oxygens (including phenoxy) is 2. The molecule has 0 unspecified atom stereocenters. The highest BCUT2D eigenvalue weighted by molar-refractivity contribution is 5.98. The lowest BCUT2D eigenvalue weighted by Gasteiger charge is -2.19. The van der Waals surface area contributed by atoms with Crippen LogP contribution in [0.3, 0.4) is 0 Å². The molecular formula is C24H23NO3. The van der Waals surface area contributed by atoms with Crippen LogP contribution < -0.4 is 14.8 Å². The van der Waals surface area contributed by atoms with Crippen LogP contribution in [-0.4, -0.2) is 20.1 Å². The van der Waals surface area contributed by atoms with Gasteiger partial charge in [-0.15, -0.1) is 0 Å². The van der Waals surface area contributed by atoms with Crippen molar-refractivity contribution in [3.05, 3.63) is 90.0 Å². The van der Waals surface area contributed by atoms with Crippen LogP contribution in [0.1, 0.15) is 17.5 Å². The summed E-state index contributed by atoms with van der Waals surface area (Å²) in [4.78, 5) is 13.2. The molecule has 4 rings (SSSR count). The van der Waals surface area contributed by atoms with Crippen LogP contribution in [0, 0.1) is 5.92 Å². The summed E-state index contributed by atoms with van der Waals surface area (Å²) in [6, 6.07) is 25.9.